The molecule has 3 aromatic carbocycles. The van der Waals surface area contributed by atoms with Crippen LogP contribution in [0, 0.1) is 21.4 Å². The maximum absolute atomic E-state index is 12.9. The Labute approximate surface area is 162 Å². The molecule has 28 heavy (non-hydrogen) atoms. The van der Waals surface area contributed by atoms with Crippen molar-refractivity contribution in [3.63, 3.8) is 0 Å². The van der Waals surface area contributed by atoms with Gasteiger partial charge in [0, 0.05) is 22.0 Å². The Morgan fingerprint density at radius 3 is 1.96 bits per heavy atom. The molecule has 1 atom stereocenters. The monoisotopic (exact) mass is 368 g/mol. The Hall–Kier alpha value is -3.78. The van der Waals surface area contributed by atoms with Crippen LogP contribution in [0.3, 0.4) is 0 Å². The normalized spacial score (nSPS) is 13.9. The van der Waals surface area contributed by atoms with Crippen LogP contribution in [0.1, 0.15) is 50.0 Å². The van der Waals surface area contributed by atoms with E-state index in [0.717, 1.165) is 16.7 Å². The van der Waals surface area contributed by atoms with Gasteiger partial charge in [0.2, 0.25) is 6.54 Å². The van der Waals surface area contributed by atoms with Gasteiger partial charge in [-0.05, 0) is 28.8 Å². The first-order chi connectivity index (χ1) is 13.6. The Morgan fingerprint density at radius 1 is 0.929 bits per heavy atom. The third-order valence-corrected chi connectivity index (χ3v) is 5.30. The highest BCUT2D eigenvalue weighted by molar-refractivity contribution is 6.12. The molecule has 136 valence electrons. The molecule has 1 aliphatic carbocycles. The molecule has 1 aliphatic rings. The number of nitrogens with zero attached hydrogens (tertiary/aromatic N) is 2. The molecule has 0 aliphatic heterocycles. The highest BCUT2D eigenvalue weighted by Gasteiger charge is 2.38. The summed E-state index contributed by atoms with van der Waals surface area (Å²) in [6.45, 7) is -0.270. The minimum Gasteiger partial charge on any atom is -0.289 e. The molecule has 0 aromatic heterocycles. The lowest BCUT2D eigenvalue weighted by molar-refractivity contribution is -0.483. The van der Waals surface area contributed by atoms with Crippen LogP contribution in [0.2, 0.25) is 0 Å². The molecule has 1 unspecified atom stereocenters. The summed E-state index contributed by atoms with van der Waals surface area (Å²) in [6.07, 6.45) is 0. The van der Waals surface area contributed by atoms with Gasteiger partial charge in [0.15, 0.2) is 5.78 Å². The first-order valence-electron chi connectivity index (χ1n) is 8.94. The van der Waals surface area contributed by atoms with E-state index >= 15 is 0 Å². The summed E-state index contributed by atoms with van der Waals surface area (Å²) in [7, 11) is 0. The fourth-order valence-electron chi connectivity index (χ4n) is 4.06. The summed E-state index contributed by atoms with van der Waals surface area (Å²) in [4.78, 5) is 24.2. The molecule has 5 heteroatoms. The zero-order valence-corrected chi connectivity index (χ0v) is 14.9. The molecule has 0 saturated carbocycles. The fraction of sp³-hybridized carbons (Fsp3) is 0.130. The van der Waals surface area contributed by atoms with Gasteiger partial charge in [0.1, 0.15) is 0 Å². The first kappa shape index (κ1) is 17.6. The number of hydrogen-bond acceptors (Lipinski definition) is 4. The van der Waals surface area contributed by atoms with E-state index in [-0.39, 0.29) is 23.2 Å². The van der Waals surface area contributed by atoms with Crippen LogP contribution in [-0.2, 0) is 0 Å². The van der Waals surface area contributed by atoms with Gasteiger partial charge in [-0.1, -0.05) is 60.7 Å². The maximum Gasteiger partial charge on any atom is 0.211 e. The minimum absolute atomic E-state index is 0.0536. The molecular weight excluding hydrogens is 352 g/mol. The van der Waals surface area contributed by atoms with Gasteiger partial charge in [-0.2, -0.15) is 5.26 Å². The summed E-state index contributed by atoms with van der Waals surface area (Å²) in [5, 5.41) is 20.6. The number of ketones is 1. The smallest absolute Gasteiger partial charge is 0.211 e. The lowest BCUT2D eigenvalue weighted by Gasteiger charge is -2.32. The van der Waals surface area contributed by atoms with Gasteiger partial charge in [0.05, 0.1) is 17.6 Å². The molecule has 0 radical (unpaired) electrons. The average molecular weight is 368 g/mol. The Kier molecular flexibility index (Phi) is 4.46. The van der Waals surface area contributed by atoms with Gasteiger partial charge < -0.3 is 0 Å². The first-order valence-corrected chi connectivity index (χ1v) is 8.94. The molecule has 0 saturated heterocycles. The number of nitriles is 1. The molecule has 0 fully saturated rings. The van der Waals surface area contributed by atoms with Crippen molar-refractivity contribution in [1.82, 2.24) is 0 Å². The molecule has 0 bridgehead atoms. The number of carbonyl (C=O) groups is 1. The zero-order valence-electron chi connectivity index (χ0n) is 14.9. The van der Waals surface area contributed by atoms with E-state index < -0.39 is 5.92 Å². The average Bonchev–Trinajstić information content (AvgIpc) is 2.73. The number of carbonyl (C=O) groups excluding carboxylic acids is 1. The molecule has 0 amide bonds. The lowest BCUT2D eigenvalue weighted by Crippen LogP contribution is -2.27. The van der Waals surface area contributed by atoms with Crippen LogP contribution >= 0.6 is 0 Å². The van der Waals surface area contributed by atoms with Crippen LogP contribution in [0.5, 0.6) is 0 Å². The molecular formula is C23H16N2O3. The van der Waals surface area contributed by atoms with Gasteiger partial charge in [-0.15, -0.1) is 0 Å². The van der Waals surface area contributed by atoms with Crippen molar-refractivity contribution >= 4 is 5.78 Å². The number of benzene rings is 3. The number of fused-ring (bicyclic) bond motifs is 2. The summed E-state index contributed by atoms with van der Waals surface area (Å²) < 4.78 is 0. The van der Waals surface area contributed by atoms with Crippen molar-refractivity contribution < 1.29 is 9.72 Å². The second-order valence-electron chi connectivity index (χ2n) is 6.84. The van der Waals surface area contributed by atoms with Crippen LogP contribution < -0.4 is 0 Å². The quantitative estimate of drug-likeness (QED) is 0.508. The highest BCUT2D eigenvalue weighted by atomic mass is 16.6. The number of rotatable bonds is 4. The van der Waals surface area contributed by atoms with Gasteiger partial charge >= 0.3 is 0 Å². The van der Waals surface area contributed by atoms with E-state index in [0.29, 0.717) is 16.7 Å². The van der Waals surface area contributed by atoms with Crippen molar-refractivity contribution in [2.24, 2.45) is 0 Å². The SMILES string of the molecule is N#Cc1ccc(C(C[N+](=O)[O-])C2c3ccccc3C(=O)c3ccccc32)cc1. The van der Waals surface area contributed by atoms with Crippen molar-refractivity contribution in [3.05, 3.63) is 116 Å². The Bertz CT molecular complexity index is 1060. The Balaban J connectivity index is 1.93. The summed E-state index contributed by atoms with van der Waals surface area (Å²) in [6, 6.07) is 23.6. The molecule has 0 heterocycles. The van der Waals surface area contributed by atoms with Crippen LogP contribution in [0.15, 0.2) is 72.8 Å². The number of nitro groups is 1. The summed E-state index contributed by atoms with van der Waals surface area (Å²) in [5.74, 6) is -0.830. The van der Waals surface area contributed by atoms with Crippen molar-refractivity contribution in [3.8, 4) is 6.07 Å². The van der Waals surface area contributed by atoms with Gasteiger partial charge in [-0.25, -0.2) is 0 Å². The highest BCUT2D eigenvalue weighted by Crippen LogP contribution is 2.45. The minimum atomic E-state index is -0.460. The maximum atomic E-state index is 12.9. The van der Waals surface area contributed by atoms with Crippen LogP contribution in [0.25, 0.3) is 0 Å². The van der Waals surface area contributed by atoms with E-state index in [2.05, 4.69) is 6.07 Å². The Morgan fingerprint density at radius 2 is 1.46 bits per heavy atom. The lowest BCUT2D eigenvalue weighted by atomic mass is 9.70. The third-order valence-electron chi connectivity index (χ3n) is 5.30. The van der Waals surface area contributed by atoms with E-state index in [9.17, 15) is 14.9 Å². The van der Waals surface area contributed by atoms with Gasteiger partial charge in [-0.3, -0.25) is 14.9 Å². The molecule has 0 spiro atoms. The second-order valence-corrected chi connectivity index (χ2v) is 6.84. The van der Waals surface area contributed by atoms with Crippen LogP contribution in [-0.4, -0.2) is 17.3 Å². The fourth-order valence-corrected chi connectivity index (χ4v) is 4.06. The summed E-state index contributed by atoms with van der Waals surface area (Å²) >= 11 is 0. The van der Waals surface area contributed by atoms with Crippen molar-refractivity contribution in [2.75, 3.05) is 6.54 Å². The molecule has 5 nitrogen and oxygen atoms in total. The molecule has 4 rings (SSSR count). The molecule has 3 aromatic rings. The third kappa shape index (κ3) is 2.95. The standard InChI is InChI=1S/C23H16N2O3/c24-13-15-9-11-16(12-10-15)21(14-25(27)28)22-17-5-1-3-7-19(17)23(26)20-8-4-2-6-18(20)22/h1-12,21-22H,14H2. The second kappa shape index (κ2) is 7.09. The largest absolute Gasteiger partial charge is 0.289 e. The van der Waals surface area contributed by atoms with E-state index in [1.807, 2.05) is 36.4 Å². The predicted molar refractivity (Wildman–Crippen MR) is 104 cm³/mol. The van der Waals surface area contributed by atoms with Crippen molar-refractivity contribution in [2.45, 2.75) is 11.8 Å². The number of hydrogen-bond donors (Lipinski definition) is 0. The van der Waals surface area contributed by atoms with E-state index in [1.165, 1.54) is 0 Å². The topological polar surface area (TPSA) is 84.0 Å². The van der Waals surface area contributed by atoms with Crippen LogP contribution in [0.4, 0.5) is 0 Å². The van der Waals surface area contributed by atoms with Gasteiger partial charge in [0.25, 0.3) is 0 Å². The summed E-state index contributed by atoms with van der Waals surface area (Å²) in [5.41, 5.74) is 4.08. The predicted octanol–water partition coefficient (Wildman–Crippen LogP) is 4.30. The van der Waals surface area contributed by atoms with E-state index in [1.54, 1.807) is 36.4 Å². The van der Waals surface area contributed by atoms with E-state index in [4.69, 9.17) is 5.26 Å². The van der Waals surface area contributed by atoms with Crippen molar-refractivity contribution in [1.29, 1.82) is 5.26 Å². The molecule has 0 N–H and O–H groups in total. The zero-order chi connectivity index (χ0) is 19.7.